The van der Waals surface area contributed by atoms with Crippen LogP contribution >= 0.6 is 11.8 Å². The fourth-order valence-electron chi connectivity index (χ4n) is 1.43. The molecule has 2 rings (SSSR count). The highest BCUT2D eigenvalue weighted by Gasteiger charge is 2.13. The van der Waals surface area contributed by atoms with Crippen molar-refractivity contribution < 1.29 is 9.53 Å². The summed E-state index contributed by atoms with van der Waals surface area (Å²) in [6.45, 7) is 0. The average molecular weight is 279 g/mol. The van der Waals surface area contributed by atoms with Crippen LogP contribution in [-0.4, -0.2) is 46.0 Å². The molecule has 0 saturated carbocycles. The second-order valence-electron chi connectivity index (χ2n) is 3.51. The second-order valence-corrected chi connectivity index (χ2v) is 4.45. The first-order valence-corrected chi connectivity index (χ1v) is 6.50. The van der Waals surface area contributed by atoms with E-state index in [2.05, 4.69) is 20.8 Å². The topological polar surface area (TPSA) is 81.9 Å². The summed E-state index contributed by atoms with van der Waals surface area (Å²) in [6.07, 6.45) is 0. The zero-order valence-electron chi connectivity index (χ0n) is 10.5. The molecular weight excluding hydrogens is 266 g/mol. The largest absolute Gasteiger partial charge is 0.494 e. The summed E-state index contributed by atoms with van der Waals surface area (Å²) in [5.74, 6) is 0.836. The van der Waals surface area contributed by atoms with Crippen molar-refractivity contribution in [3.63, 3.8) is 0 Å². The van der Waals surface area contributed by atoms with E-state index in [1.165, 1.54) is 11.8 Å². The number of hydrogen-bond donors (Lipinski definition) is 1. The number of tetrazole rings is 1. The Hall–Kier alpha value is -2.09. The van der Waals surface area contributed by atoms with Crippen molar-refractivity contribution in [3.8, 4) is 11.4 Å². The molecule has 100 valence electrons. The highest BCUT2D eigenvalue weighted by Crippen LogP contribution is 2.25. The number of rotatable bonds is 5. The third kappa shape index (κ3) is 3.02. The molecule has 0 aliphatic carbocycles. The Labute approximate surface area is 114 Å². The smallest absolute Gasteiger partial charge is 0.230 e. The van der Waals surface area contributed by atoms with Crippen molar-refractivity contribution >= 4 is 17.7 Å². The van der Waals surface area contributed by atoms with Crippen LogP contribution in [0.5, 0.6) is 5.75 Å². The molecule has 0 unspecified atom stereocenters. The van der Waals surface area contributed by atoms with Gasteiger partial charge in [0.1, 0.15) is 11.4 Å². The number of benzene rings is 1. The van der Waals surface area contributed by atoms with Gasteiger partial charge in [-0.1, -0.05) is 23.9 Å². The van der Waals surface area contributed by atoms with Crippen molar-refractivity contribution in [2.24, 2.45) is 0 Å². The average Bonchev–Trinajstić information content (AvgIpc) is 2.92. The Morgan fingerprint density at radius 3 is 3.00 bits per heavy atom. The third-order valence-electron chi connectivity index (χ3n) is 2.37. The number of amides is 1. The lowest BCUT2D eigenvalue weighted by Gasteiger charge is -2.08. The van der Waals surface area contributed by atoms with Crippen LogP contribution < -0.4 is 10.1 Å². The van der Waals surface area contributed by atoms with Crippen LogP contribution in [0.1, 0.15) is 0 Å². The lowest BCUT2D eigenvalue weighted by molar-refractivity contribution is -0.118. The number of para-hydroxylation sites is 2. The van der Waals surface area contributed by atoms with Crippen LogP contribution in [0, 0.1) is 0 Å². The van der Waals surface area contributed by atoms with Gasteiger partial charge in [0.05, 0.1) is 12.9 Å². The zero-order chi connectivity index (χ0) is 13.7. The molecule has 7 nitrogen and oxygen atoms in total. The van der Waals surface area contributed by atoms with Gasteiger partial charge in [-0.15, -0.1) is 5.10 Å². The number of methoxy groups -OCH3 is 1. The maximum Gasteiger partial charge on any atom is 0.230 e. The SMILES string of the molecule is CNC(=O)CSc1nnnn1-c1ccccc1OC. The standard InChI is InChI=1S/C11H13N5O2S/c1-12-10(17)7-19-11-13-14-15-16(11)8-5-3-4-6-9(8)18-2/h3-6H,7H2,1-2H3,(H,12,17). The molecule has 19 heavy (non-hydrogen) atoms. The summed E-state index contributed by atoms with van der Waals surface area (Å²) < 4.78 is 6.81. The van der Waals surface area contributed by atoms with Gasteiger partial charge in [-0.05, 0) is 22.6 Å². The van der Waals surface area contributed by atoms with Gasteiger partial charge in [-0.3, -0.25) is 4.79 Å². The van der Waals surface area contributed by atoms with Crippen LogP contribution in [0.15, 0.2) is 29.4 Å². The first-order valence-electron chi connectivity index (χ1n) is 5.51. The molecule has 1 heterocycles. The van der Waals surface area contributed by atoms with Gasteiger partial charge in [0, 0.05) is 7.05 Å². The van der Waals surface area contributed by atoms with Crippen LogP contribution in [0.3, 0.4) is 0 Å². The minimum absolute atomic E-state index is 0.0837. The summed E-state index contributed by atoms with van der Waals surface area (Å²) in [5, 5.41) is 14.5. The van der Waals surface area contributed by atoms with Crippen molar-refractivity contribution in [3.05, 3.63) is 24.3 Å². The molecule has 0 fully saturated rings. The van der Waals surface area contributed by atoms with Crippen LogP contribution in [0.4, 0.5) is 0 Å². The monoisotopic (exact) mass is 279 g/mol. The van der Waals surface area contributed by atoms with Gasteiger partial charge in [-0.25, -0.2) is 0 Å². The number of carbonyl (C=O) groups excluding carboxylic acids is 1. The van der Waals surface area contributed by atoms with Crippen LogP contribution in [0.2, 0.25) is 0 Å². The summed E-state index contributed by atoms with van der Waals surface area (Å²) >= 11 is 1.26. The van der Waals surface area contributed by atoms with E-state index in [0.717, 1.165) is 5.69 Å². The van der Waals surface area contributed by atoms with Gasteiger partial charge >= 0.3 is 0 Å². The van der Waals surface area contributed by atoms with Crippen molar-refractivity contribution in [2.75, 3.05) is 19.9 Å². The molecule has 0 aliphatic heterocycles. The Balaban J connectivity index is 2.26. The van der Waals surface area contributed by atoms with Gasteiger partial charge in [0.15, 0.2) is 0 Å². The molecule has 2 aromatic rings. The Kier molecular flexibility index (Phi) is 4.35. The lowest BCUT2D eigenvalue weighted by atomic mass is 10.3. The number of thioether (sulfide) groups is 1. The number of carbonyl (C=O) groups is 1. The molecule has 1 aromatic carbocycles. The van der Waals surface area contributed by atoms with Crippen LogP contribution in [0.25, 0.3) is 5.69 Å². The predicted octanol–water partition coefficient (Wildman–Crippen LogP) is 0.509. The maximum absolute atomic E-state index is 11.2. The predicted molar refractivity (Wildman–Crippen MR) is 70.5 cm³/mol. The molecule has 0 saturated heterocycles. The molecule has 8 heteroatoms. The number of ether oxygens (including phenoxy) is 1. The number of nitrogens with one attached hydrogen (secondary N) is 1. The van der Waals surface area contributed by atoms with E-state index >= 15 is 0 Å². The molecule has 0 aliphatic rings. The van der Waals surface area contributed by atoms with E-state index in [1.807, 2.05) is 24.3 Å². The Morgan fingerprint density at radius 2 is 2.26 bits per heavy atom. The molecule has 1 aromatic heterocycles. The fourth-order valence-corrected chi connectivity index (χ4v) is 2.18. The van der Waals surface area contributed by atoms with Gasteiger partial charge in [0.2, 0.25) is 11.1 Å². The lowest BCUT2D eigenvalue weighted by Crippen LogP contribution is -2.20. The number of hydrogen-bond acceptors (Lipinski definition) is 6. The van der Waals surface area contributed by atoms with E-state index in [0.29, 0.717) is 10.9 Å². The molecule has 1 N–H and O–H groups in total. The van der Waals surface area contributed by atoms with Gasteiger partial charge in [0.25, 0.3) is 0 Å². The highest BCUT2D eigenvalue weighted by atomic mass is 32.2. The summed E-state index contributed by atoms with van der Waals surface area (Å²) in [7, 11) is 3.17. The minimum Gasteiger partial charge on any atom is -0.494 e. The first-order chi connectivity index (χ1) is 9.26. The molecule has 0 bridgehead atoms. The molecule has 1 amide bonds. The van der Waals surface area contributed by atoms with Crippen molar-refractivity contribution in [1.29, 1.82) is 0 Å². The van der Waals surface area contributed by atoms with Crippen molar-refractivity contribution in [2.45, 2.75) is 5.16 Å². The summed E-state index contributed by atoms with van der Waals surface area (Å²) in [6, 6.07) is 7.40. The highest BCUT2D eigenvalue weighted by molar-refractivity contribution is 7.99. The fraction of sp³-hybridized carbons (Fsp3) is 0.273. The van der Waals surface area contributed by atoms with Gasteiger partial charge in [-0.2, -0.15) is 4.68 Å². The molecule has 0 spiro atoms. The maximum atomic E-state index is 11.2. The van der Waals surface area contributed by atoms with Gasteiger partial charge < -0.3 is 10.1 Å². The van der Waals surface area contributed by atoms with Crippen molar-refractivity contribution in [1.82, 2.24) is 25.5 Å². The van der Waals surface area contributed by atoms with E-state index < -0.39 is 0 Å². The van der Waals surface area contributed by atoms with Crippen LogP contribution in [-0.2, 0) is 4.79 Å². The number of aromatic nitrogens is 4. The van der Waals surface area contributed by atoms with E-state index in [-0.39, 0.29) is 11.7 Å². The molecule has 0 atom stereocenters. The summed E-state index contributed by atoms with van der Waals surface area (Å²) in [4.78, 5) is 11.2. The second kappa shape index (κ2) is 6.19. The Bertz CT molecular complexity index is 572. The normalized spacial score (nSPS) is 10.2. The third-order valence-corrected chi connectivity index (χ3v) is 3.28. The molecule has 0 radical (unpaired) electrons. The first kappa shape index (κ1) is 13.3. The van der Waals surface area contributed by atoms with E-state index in [1.54, 1.807) is 18.8 Å². The quantitative estimate of drug-likeness (QED) is 0.803. The van der Waals surface area contributed by atoms with E-state index in [4.69, 9.17) is 4.74 Å². The van der Waals surface area contributed by atoms with E-state index in [9.17, 15) is 4.79 Å². The minimum atomic E-state index is -0.0837. The zero-order valence-corrected chi connectivity index (χ0v) is 11.3. The Morgan fingerprint density at radius 1 is 1.47 bits per heavy atom. The summed E-state index contributed by atoms with van der Waals surface area (Å²) in [5.41, 5.74) is 0.731. The molecular formula is C11H13N5O2S. The number of nitrogens with zero attached hydrogens (tertiary/aromatic N) is 4.